The Balaban J connectivity index is 1.90. The van der Waals surface area contributed by atoms with Gasteiger partial charge >= 0.3 is 0 Å². The van der Waals surface area contributed by atoms with Crippen LogP contribution >= 0.6 is 11.8 Å². The van der Waals surface area contributed by atoms with Gasteiger partial charge in [-0.3, -0.25) is 9.69 Å². The first-order valence-electron chi connectivity index (χ1n) is 10.9. The van der Waals surface area contributed by atoms with E-state index in [9.17, 15) is 4.79 Å². The normalized spacial score (nSPS) is 16.6. The minimum absolute atomic E-state index is 0.0198. The topological polar surface area (TPSA) is 51.1 Å². The number of aliphatic imine (C=N–C) groups is 1. The minimum atomic E-state index is -0.0198. The van der Waals surface area contributed by atoms with Crippen LogP contribution < -0.4 is 9.47 Å². The smallest absolute Gasteiger partial charge is 0.266 e. The maximum Gasteiger partial charge on any atom is 0.266 e. The van der Waals surface area contributed by atoms with Crippen LogP contribution in [-0.4, -0.2) is 36.2 Å². The molecule has 1 amide bonds. The van der Waals surface area contributed by atoms with Crippen molar-refractivity contribution in [2.75, 3.05) is 20.3 Å². The number of methoxy groups -OCH3 is 1. The van der Waals surface area contributed by atoms with Crippen LogP contribution in [0.3, 0.4) is 0 Å². The fourth-order valence-electron chi connectivity index (χ4n) is 3.15. The SMILES string of the molecule is COc1cc(/C=C2/SC(=Nc3ccc(C)cc3)N(CC(C)C)C2=O)ccc1OCC(C)C. The van der Waals surface area contributed by atoms with Crippen molar-refractivity contribution >= 4 is 34.6 Å². The summed E-state index contributed by atoms with van der Waals surface area (Å²) in [6.45, 7) is 11.7. The van der Waals surface area contributed by atoms with Crippen LogP contribution in [0, 0.1) is 18.8 Å². The van der Waals surface area contributed by atoms with Crippen molar-refractivity contribution in [1.82, 2.24) is 4.90 Å². The molecule has 6 heteroatoms. The number of benzene rings is 2. The molecule has 0 atom stereocenters. The van der Waals surface area contributed by atoms with Crippen molar-refractivity contribution in [2.24, 2.45) is 16.8 Å². The van der Waals surface area contributed by atoms with Crippen LogP contribution in [0.15, 0.2) is 52.4 Å². The van der Waals surface area contributed by atoms with Crippen molar-refractivity contribution in [1.29, 1.82) is 0 Å². The van der Waals surface area contributed by atoms with Gasteiger partial charge in [-0.15, -0.1) is 0 Å². The summed E-state index contributed by atoms with van der Waals surface area (Å²) in [6, 6.07) is 13.7. The number of carbonyl (C=O) groups excluding carboxylic acids is 1. The highest BCUT2D eigenvalue weighted by atomic mass is 32.2. The quantitative estimate of drug-likeness (QED) is 0.441. The van der Waals surface area contributed by atoms with Gasteiger partial charge in [-0.05, 0) is 66.4 Å². The van der Waals surface area contributed by atoms with E-state index in [2.05, 4.69) is 27.7 Å². The average molecular weight is 453 g/mol. The molecule has 5 nitrogen and oxygen atoms in total. The van der Waals surface area contributed by atoms with Crippen molar-refractivity contribution in [3.05, 3.63) is 58.5 Å². The number of rotatable bonds is 8. The molecule has 1 aliphatic rings. The van der Waals surface area contributed by atoms with Gasteiger partial charge in [-0.2, -0.15) is 0 Å². The fraction of sp³-hybridized carbons (Fsp3) is 0.385. The molecule has 0 aliphatic carbocycles. The van der Waals surface area contributed by atoms with Crippen LogP contribution in [0.5, 0.6) is 11.5 Å². The Hall–Kier alpha value is -2.73. The van der Waals surface area contributed by atoms with Gasteiger partial charge in [-0.25, -0.2) is 4.99 Å². The summed E-state index contributed by atoms with van der Waals surface area (Å²) in [7, 11) is 1.63. The summed E-state index contributed by atoms with van der Waals surface area (Å²) in [5.41, 5.74) is 2.91. The zero-order chi connectivity index (χ0) is 23.3. The van der Waals surface area contributed by atoms with E-state index >= 15 is 0 Å². The molecule has 1 fully saturated rings. The van der Waals surface area contributed by atoms with E-state index in [0.29, 0.717) is 46.6 Å². The summed E-state index contributed by atoms with van der Waals surface area (Å²) in [5.74, 6) is 2.10. The molecule has 2 aromatic carbocycles. The van der Waals surface area contributed by atoms with Crippen molar-refractivity contribution in [3.63, 3.8) is 0 Å². The molecule has 0 saturated carbocycles. The predicted molar refractivity (Wildman–Crippen MR) is 134 cm³/mol. The van der Waals surface area contributed by atoms with Crippen molar-refractivity contribution < 1.29 is 14.3 Å². The molecule has 0 bridgehead atoms. The number of carbonyl (C=O) groups is 1. The lowest BCUT2D eigenvalue weighted by atomic mass is 10.1. The zero-order valence-corrected chi connectivity index (χ0v) is 20.5. The highest BCUT2D eigenvalue weighted by molar-refractivity contribution is 8.18. The molecular formula is C26H32N2O3S. The Kier molecular flexibility index (Phi) is 8.02. The lowest BCUT2D eigenvalue weighted by Gasteiger charge is -2.17. The van der Waals surface area contributed by atoms with Gasteiger partial charge in [0.1, 0.15) is 0 Å². The zero-order valence-electron chi connectivity index (χ0n) is 19.7. The Morgan fingerprint density at radius 3 is 2.38 bits per heavy atom. The van der Waals surface area contributed by atoms with Crippen LogP contribution in [-0.2, 0) is 4.79 Å². The summed E-state index contributed by atoms with van der Waals surface area (Å²) < 4.78 is 11.4. The maximum atomic E-state index is 13.2. The van der Waals surface area contributed by atoms with Gasteiger partial charge < -0.3 is 9.47 Å². The fourth-order valence-corrected chi connectivity index (χ4v) is 4.16. The number of aryl methyl sites for hydroxylation is 1. The van der Waals surface area contributed by atoms with Gasteiger partial charge in [-0.1, -0.05) is 51.5 Å². The van der Waals surface area contributed by atoms with E-state index in [1.807, 2.05) is 55.5 Å². The molecule has 0 radical (unpaired) electrons. The van der Waals surface area contributed by atoms with E-state index in [-0.39, 0.29) is 5.91 Å². The lowest BCUT2D eigenvalue weighted by molar-refractivity contribution is -0.122. The Morgan fingerprint density at radius 2 is 1.75 bits per heavy atom. The molecule has 1 saturated heterocycles. The van der Waals surface area contributed by atoms with Gasteiger partial charge in [0.05, 0.1) is 24.3 Å². The molecule has 32 heavy (non-hydrogen) atoms. The molecule has 1 aliphatic heterocycles. The van der Waals surface area contributed by atoms with E-state index < -0.39 is 0 Å². The van der Waals surface area contributed by atoms with E-state index in [4.69, 9.17) is 14.5 Å². The second kappa shape index (κ2) is 10.7. The second-order valence-corrected chi connectivity index (χ2v) is 9.77. The van der Waals surface area contributed by atoms with Crippen LogP contribution in [0.1, 0.15) is 38.8 Å². The average Bonchev–Trinajstić information content (AvgIpc) is 3.02. The molecule has 0 spiro atoms. The molecule has 0 aromatic heterocycles. The standard InChI is InChI=1S/C26H32N2O3S/c1-17(2)15-28-25(29)24(32-26(28)27-21-10-7-19(5)8-11-21)14-20-9-12-22(23(13-20)30-6)31-16-18(3)4/h7-14,17-18H,15-16H2,1-6H3/b24-14+,27-26?. The molecule has 2 aromatic rings. The third kappa shape index (κ3) is 6.16. The summed E-state index contributed by atoms with van der Waals surface area (Å²) >= 11 is 1.41. The first-order chi connectivity index (χ1) is 15.3. The van der Waals surface area contributed by atoms with Crippen LogP contribution in [0.2, 0.25) is 0 Å². The number of amidine groups is 1. The summed E-state index contributed by atoms with van der Waals surface area (Å²) in [5, 5.41) is 0.711. The van der Waals surface area contributed by atoms with Gasteiger partial charge in [0.25, 0.3) is 5.91 Å². The Bertz CT molecular complexity index is 1010. The van der Waals surface area contributed by atoms with Crippen molar-refractivity contribution in [3.8, 4) is 11.5 Å². The Labute approximate surface area is 195 Å². The molecule has 1 heterocycles. The summed E-state index contributed by atoms with van der Waals surface area (Å²) in [6.07, 6.45) is 1.90. The number of nitrogens with zero attached hydrogens (tertiary/aromatic N) is 2. The van der Waals surface area contributed by atoms with E-state index in [1.165, 1.54) is 17.3 Å². The van der Waals surface area contributed by atoms with Crippen LogP contribution in [0.4, 0.5) is 5.69 Å². The summed E-state index contributed by atoms with van der Waals surface area (Å²) in [4.78, 5) is 20.4. The number of ether oxygens (including phenoxy) is 2. The van der Waals surface area contributed by atoms with Crippen LogP contribution in [0.25, 0.3) is 6.08 Å². The molecular weight excluding hydrogens is 420 g/mol. The Morgan fingerprint density at radius 1 is 1.03 bits per heavy atom. The highest BCUT2D eigenvalue weighted by Gasteiger charge is 2.33. The largest absolute Gasteiger partial charge is 0.493 e. The number of thioether (sulfide) groups is 1. The first kappa shape index (κ1) is 23.9. The third-order valence-electron chi connectivity index (χ3n) is 4.75. The second-order valence-electron chi connectivity index (χ2n) is 8.77. The number of amides is 1. The van der Waals surface area contributed by atoms with Gasteiger partial charge in [0.2, 0.25) is 0 Å². The lowest BCUT2D eigenvalue weighted by Crippen LogP contribution is -2.32. The number of hydrogen-bond donors (Lipinski definition) is 0. The van der Waals surface area contributed by atoms with Crippen molar-refractivity contribution in [2.45, 2.75) is 34.6 Å². The monoisotopic (exact) mass is 452 g/mol. The highest BCUT2D eigenvalue weighted by Crippen LogP contribution is 2.36. The maximum absolute atomic E-state index is 13.2. The number of hydrogen-bond acceptors (Lipinski definition) is 5. The molecule has 0 N–H and O–H groups in total. The third-order valence-corrected chi connectivity index (χ3v) is 5.76. The molecule has 0 unspecified atom stereocenters. The minimum Gasteiger partial charge on any atom is -0.493 e. The molecule has 3 rings (SSSR count). The van der Waals surface area contributed by atoms with Gasteiger partial charge in [0, 0.05) is 6.54 Å². The van der Waals surface area contributed by atoms with Gasteiger partial charge in [0.15, 0.2) is 16.7 Å². The first-order valence-corrected chi connectivity index (χ1v) is 11.8. The predicted octanol–water partition coefficient (Wildman–Crippen LogP) is 6.30. The van der Waals surface area contributed by atoms with E-state index in [1.54, 1.807) is 12.0 Å². The molecule has 170 valence electrons. The van der Waals surface area contributed by atoms with E-state index in [0.717, 1.165) is 11.3 Å².